The molecule has 1 aromatic rings. The summed E-state index contributed by atoms with van der Waals surface area (Å²) < 4.78 is 13.1. The summed E-state index contributed by atoms with van der Waals surface area (Å²) in [6.07, 6.45) is 0.160. The lowest BCUT2D eigenvalue weighted by molar-refractivity contribution is -0.136. The second-order valence-electron chi connectivity index (χ2n) is 3.09. The van der Waals surface area contributed by atoms with Crippen LogP contribution in [-0.2, 0) is 11.2 Å². The summed E-state index contributed by atoms with van der Waals surface area (Å²) >= 11 is 0. The summed E-state index contributed by atoms with van der Waals surface area (Å²) in [5, 5.41) is 8.48. The Morgan fingerprint density at radius 1 is 1.43 bits per heavy atom. The molecule has 0 atom stereocenters. The Kier molecular flexibility index (Phi) is 3.40. The van der Waals surface area contributed by atoms with E-state index in [9.17, 15) is 9.18 Å². The Hall–Kier alpha value is -1.64. The highest BCUT2D eigenvalue weighted by atomic mass is 19.1. The first-order valence-corrected chi connectivity index (χ1v) is 4.21. The molecular formula is C11H11FO2. The number of benzene rings is 1. The topological polar surface area (TPSA) is 37.3 Å². The highest BCUT2D eigenvalue weighted by molar-refractivity contribution is 5.69. The molecule has 74 valence electrons. The molecule has 0 aromatic heterocycles. The molecule has 0 saturated heterocycles. The first-order valence-electron chi connectivity index (χ1n) is 4.21. The largest absolute Gasteiger partial charge is 0.481 e. The van der Waals surface area contributed by atoms with Gasteiger partial charge in [0.1, 0.15) is 5.82 Å². The molecule has 0 spiro atoms. The number of carboxylic acid groups (broad SMARTS) is 1. The summed E-state index contributed by atoms with van der Waals surface area (Å²) in [7, 11) is 0. The van der Waals surface area contributed by atoms with Crippen LogP contribution in [0.3, 0.4) is 0 Å². The van der Waals surface area contributed by atoms with Crippen LogP contribution in [-0.4, -0.2) is 11.1 Å². The fraction of sp³-hybridized carbons (Fsp3) is 0.182. The number of aliphatic carboxylic acids is 1. The molecule has 0 aliphatic rings. The van der Waals surface area contributed by atoms with Gasteiger partial charge in [0.2, 0.25) is 0 Å². The van der Waals surface area contributed by atoms with Crippen molar-refractivity contribution in [1.82, 2.24) is 0 Å². The van der Waals surface area contributed by atoms with Crippen molar-refractivity contribution in [3.8, 4) is 0 Å². The number of rotatable bonds is 4. The highest BCUT2D eigenvalue weighted by Crippen LogP contribution is 2.12. The summed E-state index contributed by atoms with van der Waals surface area (Å²) in [5.41, 5.74) is 0.987. The molecule has 0 heterocycles. The van der Waals surface area contributed by atoms with E-state index in [1.54, 1.807) is 18.2 Å². The van der Waals surface area contributed by atoms with E-state index in [0.717, 1.165) is 0 Å². The van der Waals surface area contributed by atoms with Crippen LogP contribution in [0.2, 0.25) is 0 Å². The Morgan fingerprint density at radius 2 is 2.07 bits per heavy atom. The molecule has 0 aliphatic carbocycles. The second-order valence-corrected chi connectivity index (χ2v) is 3.09. The molecule has 0 radical (unpaired) electrons. The Balaban J connectivity index is 2.65. The minimum atomic E-state index is -0.939. The minimum absolute atomic E-state index is 0.117. The van der Waals surface area contributed by atoms with Crippen molar-refractivity contribution in [2.45, 2.75) is 12.8 Å². The minimum Gasteiger partial charge on any atom is -0.481 e. The lowest BCUT2D eigenvalue weighted by Gasteiger charge is -2.03. The zero-order chi connectivity index (χ0) is 10.6. The molecule has 0 bridgehead atoms. The van der Waals surface area contributed by atoms with E-state index in [1.807, 2.05) is 0 Å². The van der Waals surface area contributed by atoms with Crippen LogP contribution in [0.15, 0.2) is 36.4 Å². The van der Waals surface area contributed by atoms with Gasteiger partial charge in [-0.1, -0.05) is 30.4 Å². The molecular weight excluding hydrogens is 183 g/mol. The Labute approximate surface area is 81.7 Å². The highest BCUT2D eigenvalue weighted by Gasteiger charge is 2.05. The third-order valence-electron chi connectivity index (χ3n) is 1.80. The van der Waals surface area contributed by atoms with Crippen LogP contribution >= 0.6 is 0 Å². The van der Waals surface area contributed by atoms with Crippen molar-refractivity contribution >= 4 is 5.97 Å². The maximum absolute atomic E-state index is 13.1. The van der Waals surface area contributed by atoms with Crippen molar-refractivity contribution in [2.75, 3.05) is 0 Å². The predicted octanol–water partition coefficient (Wildman–Crippen LogP) is 2.40. The zero-order valence-corrected chi connectivity index (χ0v) is 7.66. The smallest absolute Gasteiger partial charge is 0.307 e. The maximum atomic E-state index is 13.1. The van der Waals surface area contributed by atoms with Crippen LogP contribution in [0.1, 0.15) is 12.0 Å². The number of hydrogen-bond donors (Lipinski definition) is 1. The predicted molar refractivity (Wildman–Crippen MR) is 51.5 cm³/mol. The van der Waals surface area contributed by atoms with Crippen molar-refractivity contribution in [2.24, 2.45) is 0 Å². The van der Waals surface area contributed by atoms with E-state index in [0.29, 0.717) is 11.1 Å². The van der Waals surface area contributed by atoms with Gasteiger partial charge in [0, 0.05) is 0 Å². The third-order valence-corrected chi connectivity index (χ3v) is 1.80. The molecule has 0 fully saturated rings. The van der Waals surface area contributed by atoms with Crippen LogP contribution < -0.4 is 0 Å². The number of carboxylic acids is 1. The quantitative estimate of drug-likeness (QED) is 0.747. The Morgan fingerprint density at radius 3 is 2.64 bits per heavy atom. The van der Waals surface area contributed by atoms with Gasteiger partial charge in [0.15, 0.2) is 0 Å². The van der Waals surface area contributed by atoms with Gasteiger partial charge in [0.05, 0.1) is 6.42 Å². The van der Waals surface area contributed by atoms with Crippen LogP contribution in [0.4, 0.5) is 4.39 Å². The molecule has 1 aromatic carbocycles. The molecule has 14 heavy (non-hydrogen) atoms. The number of carbonyl (C=O) groups is 1. The van der Waals surface area contributed by atoms with E-state index in [-0.39, 0.29) is 18.7 Å². The summed E-state index contributed by atoms with van der Waals surface area (Å²) in [6.45, 7) is 3.58. The molecule has 0 saturated carbocycles. The first-order chi connectivity index (χ1) is 6.59. The van der Waals surface area contributed by atoms with Crippen molar-refractivity contribution in [1.29, 1.82) is 0 Å². The molecule has 3 heteroatoms. The molecule has 1 rings (SSSR count). The van der Waals surface area contributed by atoms with Gasteiger partial charge >= 0.3 is 5.97 Å². The lowest BCUT2D eigenvalue weighted by Crippen LogP contribution is -2.00. The van der Waals surface area contributed by atoms with Gasteiger partial charge in [-0.05, 0) is 18.1 Å². The third kappa shape index (κ3) is 3.01. The molecule has 0 unspecified atom stereocenters. The van der Waals surface area contributed by atoms with Crippen LogP contribution in [0.25, 0.3) is 0 Å². The van der Waals surface area contributed by atoms with Crippen molar-refractivity contribution in [3.05, 3.63) is 47.8 Å². The Bertz CT molecular complexity index is 358. The summed E-state index contributed by atoms with van der Waals surface area (Å²) in [4.78, 5) is 10.3. The average Bonchev–Trinajstić information content (AvgIpc) is 2.07. The van der Waals surface area contributed by atoms with E-state index < -0.39 is 5.97 Å². The fourth-order valence-electron chi connectivity index (χ4n) is 1.19. The maximum Gasteiger partial charge on any atom is 0.307 e. The van der Waals surface area contributed by atoms with Crippen LogP contribution in [0, 0.1) is 5.82 Å². The van der Waals surface area contributed by atoms with Gasteiger partial charge in [-0.15, -0.1) is 0 Å². The number of halogens is 1. The normalized spacial score (nSPS) is 9.79. The van der Waals surface area contributed by atoms with Crippen molar-refractivity contribution in [3.63, 3.8) is 0 Å². The second kappa shape index (κ2) is 4.56. The number of hydrogen-bond acceptors (Lipinski definition) is 1. The molecule has 1 N–H and O–H groups in total. The van der Waals surface area contributed by atoms with Gasteiger partial charge in [0.25, 0.3) is 0 Å². The molecule has 0 amide bonds. The van der Waals surface area contributed by atoms with Crippen molar-refractivity contribution < 1.29 is 14.3 Å². The summed E-state index contributed by atoms with van der Waals surface area (Å²) in [6, 6.07) is 6.29. The summed E-state index contributed by atoms with van der Waals surface area (Å²) in [5.74, 6) is -1.26. The van der Waals surface area contributed by atoms with E-state index in [1.165, 1.54) is 6.07 Å². The first kappa shape index (κ1) is 10.4. The van der Waals surface area contributed by atoms with E-state index in [2.05, 4.69) is 6.58 Å². The molecule has 0 aliphatic heterocycles. The molecule has 2 nitrogen and oxygen atoms in total. The van der Waals surface area contributed by atoms with Gasteiger partial charge in [-0.2, -0.15) is 0 Å². The SMILES string of the molecule is C=C(CC(=O)O)Cc1ccccc1F. The van der Waals surface area contributed by atoms with Gasteiger partial charge < -0.3 is 5.11 Å². The zero-order valence-electron chi connectivity index (χ0n) is 7.66. The lowest BCUT2D eigenvalue weighted by atomic mass is 10.0. The standard InChI is InChI=1S/C11H11FO2/c1-8(7-11(13)14)6-9-4-2-3-5-10(9)12/h2-5H,1,6-7H2,(H,13,14). The van der Waals surface area contributed by atoms with E-state index in [4.69, 9.17) is 5.11 Å². The monoisotopic (exact) mass is 194 g/mol. The van der Waals surface area contributed by atoms with Gasteiger partial charge in [-0.25, -0.2) is 4.39 Å². The van der Waals surface area contributed by atoms with Crippen LogP contribution in [0.5, 0.6) is 0 Å². The average molecular weight is 194 g/mol. The van der Waals surface area contributed by atoms with E-state index >= 15 is 0 Å². The van der Waals surface area contributed by atoms with Gasteiger partial charge in [-0.3, -0.25) is 4.79 Å². The fourth-order valence-corrected chi connectivity index (χ4v) is 1.19.